The second-order valence-electron chi connectivity index (χ2n) is 7.49. The smallest absolute Gasteiger partial charge is 0.317 e. The molecule has 1 unspecified atom stereocenters. The van der Waals surface area contributed by atoms with E-state index in [0.717, 1.165) is 35.5 Å². The zero-order valence-electron chi connectivity index (χ0n) is 14.8. The van der Waals surface area contributed by atoms with E-state index in [1.165, 1.54) is 0 Å². The maximum absolute atomic E-state index is 12.6. The number of amides is 2. The van der Waals surface area contributed by atoms with Gasteiger partial charge in [-0.1, -0.05) is 13.8 Å². The van der Waals surface area contributed by atoms with Crippen molar-refractivity contribution in [2.75, 3.05) is 7.05 Å². The maximum Gasteiger partial charge on any atom is 0.317 e. The van der Waals surface area contributed by atoms with Crippen molar-refractivity contribution in [3.8, 4) is 0 Å². The lowest BCUT2D eigenvalue weighted by atomic mass is 9.75. The Kier molecular flexibility index (Phi) is 4.35. The zero-order chi connectivity index (χ0) is 17.3. The molecule has 1 aliphatic rings. The number of rotatable bonds is 3. The van der Waals surface area contributed by atoms with Crippen LogP contribution in [0.3, 0.4) is 0 Å². The summed E-state index contributed by atoms with van der Waals surface area (Å²) in [5.41, 5.74) is 2.29. The first-order valence-electron chi connectivity index (χ1n) is 8.34. The summed E-state index contributed by atoms with van der Waals surface area (Å²) in [6.45, 7) is 6.95. The van der Waals surface area contributed by atoms with Crippen LogP contribution in [0, 0.1) is 12.3 Å². The second-order valence-corrected chi connectivity index (χ2v) is 7.49. The van der Waals surface area contributed by atoms with Crippen molar-refractivity contribution in [2.45, 2.75) is 46.2 Å². The average molecular weight is 327 g/mol. The van der Waals surface area contributed by atoms with Gasteiger partial charge >= 0.3 is 6.03 Å². The lowest BCUT2D eigenvalue weighted by Gasteiger charge is -2.35. The topological polar surface area (TPSA) is 58.4 Å². The highest BCUT2D eigenvalue weighted by Gasteiger charge is 2.35. The molecule has 0 bridgehead atoms. The average Bonchev–Trinajstić information content (AvgIpc) is 2.87. The van der Waals surface area contributed by atoms with Crippen molar-refractivity contribution >= 4 is 6.03 Å². The third-order valence-electron chi connectivity index (χ3n) is 4.55. The van der Waals surface area contributed by atoms with Crippen molar-refractivity contribution in [3.05, 3.63) is 53.2 Å². The third-order valence-corrected chi connectivity index (χ3v) is 4.55. The largest absolute Gasteiger partial charge is 0.466 e. The van der Waals surface area contributed by atoms with Gasteiger partial charge in [-0.2, -0.15) is 0 Å². The minimum atomic E-state index is -0.0701. The molecule has 0 saturated heterocycles. The predicted octanol–water partition coefficient (Wildman–Crippen LogP) is 3.84. The molecule has 5 heteroatoms. The number of urea groups is 1. The molecule has 0 aromatic carbocycles. The van der Waals surface area contributed by atoms with E-state index in [4.69, 9.17) is 4.42 Å². The van der Waals surface area contributed by atoms with Crippen LogP contribution < -0.4 is 5.32 Å². The normalized spacial score (nSPS) is 18.8. The van der Waals surface area contributed by atoms with Gasteiger partial charge in [-0.15, -0.1) is 0 Å². The van der Waals surface area contributed by atoms with Crippen molar-refractivity contribution in [1.29, 1.82) is 0 Å². The Morgan fingerprint density at radius 3 is 2.83 bits per heavy atom. The molecule has 0 radical (unpaired) electrons. The van der Waals surface area contributed by atoms with E-state index >= 15 is 0 Å². The van der Waals surface area contributed by atoms with Gasteiger partial charge in [-0.3, -0.25) is 4.98 Å². The summed E-state index contributed by atoms with van der Waals surface area (Å²) in [7, 11) is 1.81. The summed E-state index contributed by atoms with van der Waals surface area (Å²) < 4.78 is 5.84. The Labute approximate surface area is 143 Å². The molecule has 2 heterocycles. The fourth-order valence-corrected chi connectivity index (χ4v) is 3.41. The molecule has 128 valence electrons. The van der Waals surface area contributed by atoms with Crippen LogP contribution >= 0.6 is 0 Å². The molecule has 1 atom stereocenters. The number of carbonyl (C=O) groups is 1. The number of hydrogen-bond donors (Lipinski definition) is 1. The van der Waals surface area contributed by atoms with Crippen LogP contribution in [0.4, 0.5) is 4.79 Å². The summed E-state index contributed by atoms with van der Waals surface area (Å²) in [5, 5.41) is 3.18. The molecule has 2 amide bonds. The number of hydrogen-bond acceptors (Lipinski definition) is 3. The fourth-order valence-electron chi connectivity index (χ4n) is 3.41. The second kappa shape index (κ2) is 6.30. The number of aromatic nitrogens is 1. The van der Waals surface area contributed by atoms with Crippen molar-refractivity contribution in [3.63, 3.8) is 0 Å². The van der Waals surface area contributed by atoms with Crippen LogP contribution in [0.15, 0.2) is 35.0 Å². The Hall–Kier alpha value is -2.30. The number of furan rings is 1. The van der Waals surface area contributed by atoms with Crippen molar-refractivity contribution < 1.29 is 9.21 Å². The molecule has 0 fully saturated rings. The van der Waals surface area contributed by atoms with Gasteiger partial charge in [0.1, 0.15) is 11.5 Å². The monoisotopic (exact) mass is 327 g/mol. The Bertz CT molecular complexity index is 721. The molecule has 5 nitrogen and oxygen atoms in total. The van der Waals surface area contributed by atoms with Gasteiger partial charge in [0, 0.05) is 38.0 Å². The van der Waals surface area contributed by atoms with Crippen LogP contribution in [-0.2, 0) is 13.0 Å². The van der Waals surface area contributed by atoms with Crippen LogP contribution in [0.25, 0.3) is 0 Å². The summed E-state index contributed by atoms with van der Waals surface area (Å²) in [4.78, 5) is 18.3. The number of nitrogens with zero attached hydrogens (tertiary/aromatic N) is 2. The molecule has 1 aliphatic carbocycles. The summed E-state index contributed by atoms with van der Waals surface area (Å²) in [6, 6.07) is 5.82. The van der Waals surface area contributed by atoms with Crippen LogP contribution in [0.2, 0.25) is 0 Å². The van der Waals surface area contributed by atoms with Crippen LogP contribution in [-0.4, -0.2) is 23.0 Å². The molecule has 3 rings (SSSR count). The molecule has 2 aromatic heterocycles. The quantitative estimate of drug-likeness (QED) is 0.932. The van der Waals surface area contributed by atoms with Gasteiger partial charge in [0.2, 0.25) is 0 Å². The van der Waals surface area contributed by atoms with Crippen LogP contribution in [0.1, 0.15) is 49.0 Å². The molecule has 1 N–H and O–H groups in total. The molecule has 0 aliphatic heterocycles. The first-order chi connectivity index (χ1) is 11.3. The van der Waals surface area contributed by atoms with Gasteiger partial charge in [0.15, 0.2) is 0 Å². The van der Waals surface area contributed by atoms with E-state index in [9.17, 15) is 4.79 Å². The third kappa shape index (κ3) is 3.61. The SMILES string of the molecule is Cc1cc2c(o1)CC(C)(C)CC2NC(=O)N(C)Cc1ccncc1. The predicted molar refractivity (Wildman–Crippen MR) is 92.5 cm³/mol. The molecule has 0 spiro atoms. The van der Waals surface area contributed by atoms with Gasteiger partial charge in [0.25, 0.3) is 0 Å². The molecular weight excluding hydrogens is 302 g/mol. The first-order valence-corrected chi connectivity index (χ1v) is 8.34. The summed E-state index contributed by atoms with van der Waals surface area (Å²) in [5.74, 6) is 1.91. The highest BCUT2D eigenvalue weighted by Crippen LogP contribution is 2.42. The minimum absolute atomic E-state index is 0.00594. The van der Waals surface area contributed by atoms with Gasteiger partial charge in [-0.05, 0) is 42.5 Å². The molecule has 2 aromatic rings. The minimum Gasteiger partial charge on any atom is -0.466 e. The molecular formula is C19H25N3O2. The maximum atomic E-state index is 12.6. The molecule has 24 heavy (non-hydrogen) atoms. The Morgan fingerprint density at radius 2 is 2.12 bits per heavy atom. The zero-order valence-corrected chi connectivity index (χ0v) is 14.8. The highest BCUT2D eigenvalue weighted by atomic mass is 16.3. The van der Waals surface area contributed by atoms with E-state index in [1.54, 1.807) is 17.3 Å². The van der Waals surface area contributed by atoms with Crippen LogP contribution in [0.5, 0.6) is 0 Å². The lowest BCUT2D eigenvalue weighted by Crippen LogP contribution is -2.42. The number of carbonyl (C=O) groups excluding carboxylic acids is 1. The van der Waals surface area contributed by atoms with E-state index in [0.29, 0.717) is 6.54 Å². The summed E-state index contributed by atoms with van der Waals surface area (Å²) >= 11 is 0. The molecule has 0 saturated carbocycles. The van der Waals surface area contributed by atoms with Crippen molar-refractivity contribution in [2.24, 2.45) is 5.41 Å². The van der Waals surface area contributed by atoms with E-state index in [1.807, 2.05) is 26.1 Å². The Morgan fingerprint density at radius 1 is 1.42 bits per heavy atom. The van der Waals surface area contributed by atoms with E-state index < -0.39 is 0 Å². The van der Waals surface area contributed by atoms with E-state index in [2.05, 4.69) is 30.2 Å². The van der Waals surface area contributed by atoms with Gasteiger partial charge in [0.05, 0.1) is 6.04 Å². The van der Waals surface area contributed by atoms with Gasteiger partial charge in [-0.25, -0.2) is 4.79 Å². The standard InChI is InChI=1S/C19H25N3O2/c1-13-9-15-16(10-19(2,3)11-17(15)24-13)21-18(23)22(4)12-14-5-7-20-8-6-14/h5-9,16H,10-12H2,1-4H3,(H,21,23). The van der Waals surface area contributed by atoms with Crippen molar-refractivity contribution in [1.82, 2.24) is 15.2 Å². The number of fused-ring (bicyclic) bond motifs is 1. The summed E-state index contributed by atoms with van der Waals surface area (Å²) in [6.07, 6.45) is 5.31. The Balaban J connectivity index is 1.71. The highest BCUT2D eigenvalue weighted by molar-refractivity contribution is 5.74. The fraction of sp³-hybridized carbons (Fsp3) is 0.474. The number of pyridine rings is 1. The first kappa shape index (κ1) is 16.6. The van der Waals surface area contributed by atoms with E-state index in [-0.39, 0.29) is 17.5 Å². The van der Waals surface area contributed by atoms with Gasteiger partial charge < -0.3 is 14.6 Å². The lowest BCUT2D eigenvalue weighted by molar-refractivity contribution is 0.188. The number of nitrogens with one attached hydrogen (secondary N) is 1. The number of aryl methyl sites for hydroxylation is 1.